The Bertz CT molecular complexity index is 614. The van der Waals surface area contributed by atoms with Gasteiger partial charge in [0.05, 0.1) is 12.1 Å². The molecule has 6 heteroatoms. The number of cyclic esters (lactones) is 1. The van der Waals surface area contributed by atoms with Crippen LogP contribution in [0.15, 0.2) is 6.07 Å². The number of fused-ring (bicyclic) bond motifs is 1. The van der Waals surface area contributed by atoms with E-state index in [1.54, 1.807) is 0 Å². The molecule has 0 spiro atoms. The Morgan fingerprint density at radius 2 is 2.05 bits per heavy atom. The Hall–Kier alpha value is -1.75. The van der Waals surface area contributed by atoms with E-state index in [-0.39, 0.29) is 0 Å². The Morgan fingerprint density at radius 3 is 2.71 bits per heavy atom. The monoisotopic (exact) mass is 309 g/mol. The van der Waals surface area contributed by atoms with E-state index < -0.39 is 18.1 Å². The summed E-state index contributed by atoms with van der Waals surface area (Å²) in [5, 5.41) is 2.61. The maximum Gasteiger partial charge on any atom is 0.415 e. The average molecular weight is 310 g/mol. The molecule has 5 nitrogen and oxygen atoms in total. The molecule has 112 valence electrons. The number of nitrogens with one attached hydrogen (secondary N) is 1. The van der Waals surface area contributed by atoms with Gasteiger partial charge in [0.15, 0.2) is 0 Å². The van der Waals surface area contributed by atoms with Gasteiger partial charge in [-0.15, -0.1) is 0 Å². The number of alkyl carbamates (subject to hydrolysis) is 1. The molecule has 1 unspecified atom stereocenters. The van der Waals surface area contributed by atoms with Crippen molar-refractivity contribution in [1.82, 2.24) is 5.32 Å². The number of imide groups is 1. The first-order chi connectivity index (χ1) is 10.1. The third-order valence-corrected chi connectivity index (χ3v) is 4.28. The van der Waals surface area contributed by atoms with Crippen LogP contribution in [0.3, 0.4) is 0 Å². The van der Waals surface area contributed by atoms with Crippen LogP contribution < -0.4 is 10.1 Å². The van der Waals surface area contributed by atoms with Crippen LogP contribution in [0, 0.1) is 0 Å². The van der Waals surface area contributed by atoms with Crippen LogP contribution in [-0.4, -0.2) is 19.1 Å². The highest BCUT2D eigenvalue weighted by Crippen LogP contribution is 2.42. The molecule has 0 radical (unpaired) electrons. The average Bonchev–Trinajstić information content (AvgIpc) is 2.63. The van der Waals surface area contributed by atoms with Gasteiger partial charge in [-0.2, -0.15) is 0 Å². The minimum absolute atomic E-state index is 0.423. The van der Waals surface area contributed by atoms with Crippen molar-refractivity contribution in [2.75, 3.05) is 7.11 Å². The third-order valence-electron chi connectivity index (χ3n) is 4.00. The van der Waals surface area contributed by atoms with Gasteiger partial charge in [-0.25, -0.2) is 4.79 Å². The molecular formula is C15H16ClNO4. The molecule has 1 aromatic rings. The number of aryl methyl sites for hydroxylation is 1. The normalized spacial score (nSPS) is 21.3. The SMILES string of the molecule is COc1c(Cl)cc2c(c1C1OC(=O)NC1=O)CCCCC2. The van der Waals surface area contributed by atoms with Crippen LogP contribution in [0.4, 0.5) is 4.79 Å². The van der Waals surface area contributed by atoms with E-state index in [2.05, 4.69) is 5.32 Å². The van der Waals surface area contributed by atoms with Gasteiger partial charge in [0.25, 0.3) is 5.91 Å². The van der Waals surface area contributed by atoms with Crippen molar-refractivity contribution in [2.24, 2.45) is 0 Å². The summed E-state index contributed by atoms with van der Waals surface area (Å²) in [6, 6.07) is 1.90. The summed E-state index contributed by atoms with van der Waals surface area (Å²) in [5.41, 5.74) is 2.75. The number of ether oxygens (including phenoxy) is 2. The molecule has 1 N–H and O–H groups in total. The summed E-state index contributed by atoms with van der Waals surface area (Å²) in [4.78, 5) is 23.3. The maximum atomic E-state index is 12.0. The van der Waals surface area contributed by atoms with Crippen molar-refractivity contribution in [3.63, 3.8) is 0 Å². The molecular weight excluding hydrogens is 294 g/mol. The van der Waals surface area contributed by atoms with E-state index in [1.807, 2.05) is 6.07 Å². The first-order valence-corrected chi connectivity index (χ1v) is 7.39. The second kappa shape index (κ2) is 5.56. The number of hydrogen-bond donors (Lipinski definition) is 1. The summed E-state index contributed by atoms with van der Waals surface area (Å²) < 4.78 is 10.5. The number of halogens is 1. The largest absolute Gasteiger partial charge is 0.495 e. The van der Waals surface area contributed by atoms with Crippen molar-refractivity contribution >= 4 is 23.6 Å². The highest BCUT2D eigenvalue weighted by atomic mass is 35.5. The molecule has 1 heterocycles. The highest BCUT2D eigenvalue weighted by Gasteiger charge is 2.38. The smallest absolute Gasteiger partial charge is 0.415 e. The van der Waals surface area contributed by atoms with Crippen molar-refractivity contribution in [3.8, 4) is 5.75 Å². The summed E-state index contributed by atoms with van der Waals surface area (Å²) in [6.45, 7) is 0. The van der Waals surface area contributed by atoms with Gasteiger partial charge in [0.2, 0.25) is 6.10 Å². The fourth-order valence-electron chi connectivity index (χ4n) is 3.09. The van der Waals surface area contributed by atoms with Crippen LogP contribution in [0.5, 0.6) is 5.75 Å². The number of amides is 2. The standard InChI is InChI=1S/C15H16ClNO4/c1-20-12-10(16)7-8-5-3-2-4-6-9(8)11(12)13-14(18)17-15(19)21-13/h7,13H,2-6H2,1H3,(H,17,18,19). The van der Waals surface area contributed by atoms with Gasteiger partial charge >= 0.3 is 6.09 Å². The van der Waals surface area contributed by atoms with E-state index in [0.29, 0.717) is 16.3 Å². The molecule has 0 aromatic heterocycles. The fraction of sp³-hybridized carbons (Fsp3) is 0.467. The zero-order valence-corrected chi connectivity index (χ0v) is 12.5. The zero-order chi connectivity index (χ0) is 15.0. The summed E-state index contributed by atoms with van der Waals surface area (Å²) in [6.07, 6.45) is 3.30. The first-order valence-electron chi connectivity index (χ1n) is 7.01. The summed E-state index contributed by atoms with van der Waals surface area (Å²) >= 11 is 6.29. The van der Waals surface area contributed by atoms with Crippen LogP contribution in [0.1, 0.15) is 42.1 Å². The molecule has 0 saturated carbocycles. The number of rotatable bonds is 2. The lowest BCUT2D eigenvalue weighted by atomic mass is 9.92. The van der Waals surface area contributed by atoms with Crippen LogP contribution >= 0.6 is 11.6 Å². The van der Waals surface area contributed by atoms with Gasteiger partial charge in [-0.3, -0.25) is 10.1 Å². The highest BCUT2D eigenvalue weighted by molar-refractivity contribution is 6.32. The number of benzene rings is 1. The molecule has 1 fully saturated rings. The van der Waals surface area contributed by atoms with Gasteiger partial charge in [-0.1, -0.05) is 18.0 Å². The van der Waals surface area contributed by atoms with Gasteiger partial charge < -0.3 is 9.47 Å². The predicted octanol–water partition coefficient (Wildman–Crippen LogP) is 2.93. The minimum atomic E-state index is -0.974. The summed E-state index contributed by atoms with van der Waals surface area (Å²) in [7, 11) is 1.50. The number of carbonyl (C=O) groups is 2. The minimum Gasteiger partial charge on any atom is -0.495 e. The number of carbonyl (C=O) groups excluding carboxylic acids is 2. The Balaban J connectivity index is 2.18. The van der Waals surface area contributed by atoms with Gasteiger partial charge in [0.1, 0.15) is 5.75 Å². The van der Waals surface area contributed by atoms with E-state index in [0.717, 1.165) is 43.2 Å². The lowest BCUT2D eigenvalue weighted by Crippen LogP contribution is -2.21. The van der Waals surface area contributed by atoms with Crippen LogP contribution in [-0.2, 0) is 22.4 Å². The zero-order valence-electron chi connectivity index (χ0n) is 11.7. The van der Waals surface area contributed by atoms with Crippen molar-refractivity contribution in [3.05, 3.63) is 27.8 Å². The molecule has 1 saturated heterocycles. The van der Waals surface area contributed by atoms with Crippen molar-refractivity contribution in [1.29, 1.82) is 0 Å². The fourth-order valence-corrected chi connectivity index (χ4v) is 3.40. The molecule has 1 aromatic carbocycles. The third kappa shape index (κ3) is 2.46. The molecule has 21 heavy (non-hydrogen) atoms. The topological polar surface area (TPSA) is 64.6 Å². The van der Waals surface area contributed by atoms with Gasteiger partial charge in [0, 0.05) is 5.56 Å². The number of methoxy groups -OCH3 is 1. The van der Waals surface area contributed by atoms with E-state index in [9.17, 15) is 9.59 Å². The summed E-state index contributed by atoms with van der Waals surface area (Å²) in [5.74, 6) is -0.0424. The van der Waals surface area contributed by atoms with Crippen molar-refractivity contribution < 1.29 is 19.1 Å². The van der Waals surface area contributed by atoms with Crippen LogP contribution in [0.25, 0.3) is 0 Å². The second-order valence-corrected chi connectivity index (χ2v) is 5.69. The quantitative estimate of drug-likeness (QED) is 0.853. The molecule has 0 bridgehead atoms. The molecule has 2 aliphatic rings. The lowest BCUT2D eigenvalue weighted by molar-refractivity contribution is -0.123. The van der Waals surface area contributed by atoms with Gasteiger partial charge in [-0.05, 0) is 42.9 Å². The molecule has 1 atom stereocenters. The van der Waals surface area contributed by atoms with Crippen molar-refractivity contribution in [2.45, 2.75) is 38.2 Å². The molecule has 1 aliphatic heterocycles. The number of hydrogen-bond acceptors (Lipinski definition) is 4. The Kier molecular flexibility index (Phi) is 3.76. The molecule has 3 rings (SSSR count). The first kappa shape index (κ1) is 14.2. The maximum absolute atomic E-state index is 12.0. The van der Waals surface area contributed by atoms with E-state index in [1.165, 1.54) is 7.11 Å². The van der Waals surface area contributed by atoms with E-state index in [4.69, 9.17) is 21.1 Å². The second-order valence-electron chi connectivity index (χ2n) is 5.28. The van der Waals surface area contributed by atoms with Crippen LogP contribution in [0.2, 0.25) is 5.02 Å². The predicted molar refractivity (Wildman–Crippen MR) is 76.6 cm³/mol. The lowest BCUT2D eigenvalue weighted by Gasteiger charge is -2.20. The Labute approximate surface area is 127 Å². The molecule has 2 amide bonds. The molecule has 1 aliphatic carbocycles. The Morgan fingerprint density at radius 1 is 1.29 bits per heavy atom. The van der Waals surface area contributed by atoms with E-state index >= 15 is 0 Å².